The minimum Gasteiger partial charge on any atom is -0.623 e. The Balaban J connectivity index is 1.66. The SMILES string of the molecule is CCCCCCc1nnc([N+]2([O-])CN(CC)CC2NCc2ccco2)s1. The van der Waals surface area contributed by atoms with Crippen molar-refractivity contribution in [1.29, 1.82) is 0 Å². The predicted molar refractivity (Wildman–Crippen MR) is 104 cm³/mol. The number of hydrogen-bond acceptors (Lipinski definition) is 7. The summed E-state index contributed by atoms with van der Waals surface area (Å²) in [6.45, 7) is 6.79. The predicted octanol–water partition coefficient (Wildman–Crippen LogP) is 3.47. The number of hydroxylamine groups is 2. The van der Waals surface area contributed by atoms with Gasteiger partial charge in [-0.1, -0.05) is 38.2 Å². The molecule has 1 aliphatic rings. The van der Waals surface area contributed by atoms with Crippen LogP contribution in [0.15, 0.2) is 22.8 Å². The van der Waals surface area contributed by atoms with E-state index in [-0.39, 0.29) is 6.17 Å². The maximum absolute atomic E-state index is 13.7. The molecule has 0 bridgehead atoms. The summed E-state index contributed by atoms with van der Waals surface area (Å²) < 4.78 is 4.91. The van der Waals surface area contributed by atoms with Gasteiger partial charge in [0.2, 0.25) is 0 Å². The average molecular weight is 380 g/mol. The molecule has 2 unspecified atom stereocenters. The maximum atomic E-state index is 13.7. The molecule has 2 aromatic heterocycles. The summed E-state index contributed by atoms with van der Waals surface area (Å²) in [5.41, 5.74) is 0. The zero-order valence-electron chi connectivity index (χ0n) is 15.7. The molecule has 3 rings (SSSR count). The molecule has 1 aliphatic heterocycles. The lowest BCUT2D eigenvalue weighted by Gasteiger charge is -2.39. The van der Waals surface area contributed by atoms with Crippen LogP contribution in [0.25, 0.3) is 0 Å². The molecule has 1 fully saturated rings. The Kier molecular flexibility index (Phi) is 6.77. The first-order chi connectivity index (χ1) is 12.7. The van der Waals surface area contributed by atoms with E-state index in [4.69, 9.17) is 4.42 Å². The van der Waals surface area contributed by atoms with E-state index in [0.29, 0.717) is 24.9 Å². The molecule has 144 valence electrons. The number of rotatable bonds is 10. The summed E-state index contributed by atoms with van der Waals surface area (Å²) in [4.78, 5) is 2.16. The Morgan fingerprint density at radius 2 is 2.23 bits per heavy atom. The van der Waals surface area contributed by atoms with Gasteiger partial charge in [0, 0.05) is 13.0 Å². The lowest BCUT2D eigenvalue weighted by Crippen LogP contribution is -2.55. The van der Waals surface area contributed by atoms with Crippen molar-refractivity contribution in [2.24, 2.45) is 0 Å². The molecule has 0 amide bonds. The average Bonchev–Trinajstić information content (AvgIpc) is 3.37. The van der Waals surface area contributed by atoms with Crippen molar-refractivity contribution in [2.75, 3.05) is 19.8 Å². The van der Waals surface area contributed by atoms with Gasteiger partial charge < -0.3 is 9.62 Å². The highest BCUT2D eigenvalue weighted by molar-refractivity contribution is 7.15. The van der Waals surface area contributed by atoms with Crippen molar-refractivity contribution in [3.63, 3.8) is 0 Å². The number of furan rings is 1. The first-order valence-corrected chi connectivity index (χ1v) is 10.4. The normalized spacial score (nSPS) is 23.7. The fraction of sp³-hybridized carbons (Fsp3) is 0.667. The molecule has 0 saturated carbocycles. The number of quaternary nitrogens is 1. The summed E-state index contributed by atoms with van der Waals surface area (Å²) in [7, 11) is 0. The Labute approximate surface area is 159 Å². The van der Waals surface area contributed by atoms with Crippen LogP contribution in [0.1, 0.15) is 50.3 Å². The number of hydrogen-bond donors (Lipinski definition) is 1. The van der Waals surface area contributed by atoms with Gasteiger partial charge in [0.15, 0.2) is 6.17 Å². The first kappa shape index (κ1) is 19.4. The van der Waals surface area contributed by atoms with Gasteiger partial charge >= 0.3 is 5.13 Å². The highest BCUT2D eigenvalue weighted by atomic mass is 32.1. The highest BCUT2D eigenvalue weighted by Gasteiger charge is 2.43. The van der Waals surface area contributed by atoms with Gasteiger partial charge in [-0.3, -0.25) is 9.96 Å². The Morgan fingerprint density at radius 3 is 2.96 bits per heavy atom. The van der Waals surface area contributed by atoms with E-state index >= 15 is 0 Å². The second-order valence-electron chi connectivity index (χ2n) is 6.87. The van der Waals surface area contributed by atoms with Crippen LogP contribution in [0.3, 0.4) is 0 Å². The van der Waals surface area contributed by atoms with E-state index in [1.165, 1.54) is 30.6 Å². The molecule has 3 heterocycles. The quantitative estimate of drug-likeness (QED) is 0.387. The second-order valence-corrected chi connectivity index (χ2v) is 7.91. The fourth-order valence-electron chi connectivity index (χ4n) is 3.30. The number of nitrogens with one attached hydrogen (secondary N) is 1. The van der Waals surface area contributed by atoms with Crippen LogP contribution < -0.4 is 9.96 Å². The summed E-state index contributed by atoms with van der Waals surface area (Å²) in [5.74, 6) is 0.834. The summed E-state index contributed by atoms with van der Waals surface area (Å²) in [6, 6.07) is 3.78. The molecule has 0 aliphatic carbocycles. The smallest absolute Gasteiger partial charge is 0.309 e. The molecule has 8 heteroatoms. The fourth-order valence-corrected chi connectivity index (χ4v) is 4.26. The Morgan fingerprint density at radius 1 is 1.35 bits per heavy atom. The van der Waals surface area contributed by atoms with Gasteiger partial charge in [0.05, 0.1) is 19.4 Å². The molecule has 2 aromatic rings. The zero-order valence-corrected chi connectivity index (χ0v) is 16.5. The Bertz CT molecular complexity index is 662. The molecular weight excluding hydrogens is 350 g/mol. The van der Waals surface area contributed by atoms with Crippen molar-refractivity contribution >= 4 is 16.5 Å². The third-order valence-electron chi connectivity index (χ3n) is 4.91. The third kappa shape index (κ3) is 4.50. The van der Waals surface area contributed by atoms with E-state index in [1.54, 1.807) is 6.26 Å². The summed E-state index contributed by atoms with van der Waals surface area (Å²) in [6.07, 6.45) is 7.09. The summed E-state index contributed by atoms with van der Waals surface area (Å²) >= 11 is 1.47. The second kappa shape index (κ2) is 9.05. The largest absolute Gasteiger partial charge is 0.623 e. The van der Waals surface area contributed by atoms with Gasteiger partial charge in [-0.05, 0) is 29.9 Å². The number of likely N-dealkylation sites (N-methyl/N-ethyl adjacent to an activating group) is 1. The number of aromatic nitrogens is 2. The molecule has 0 radical (unpaired) electrons. The number of unbranched alkanes of at least 4 members (excludes halogenated alkanes) is 3. The van der Waals surface area contributed by atoms with Gasteiger partial charge in [-0.2, -0.15) is 0 Å². The summed E-state index contributed by atoms with van der Waals surface area (Å²) in [5, 5.41) is 27.1. The standard InChI is InChI=1S/C18H29N5O2S/c1-3-5-6-7-10-17-20-21-18(26-17)23(24)14-22(4-2)13-16(23)19-12-15-9-8-11-25-15/h8-9,11,16,19H,3-7,10,12-14H2,1-2H3. The molecular formula is C18H29N5O2S. The van der Waals surface area contributed by atoms with Crippen LogP contribution >= 0.6 is 11.3 Å². The number of nitrogens with zero attached hydrogens (tertiary/aromatic N) is 4. The molecule has 0 aromatic carbocycles. The minimum atomic E-state index is -0.471. The molecule has 1 saturated heterocycles. The van der Waals surface area contributed by atoms with Crippen LogP contribution in [-0.2, 0) is 13.0 Å². The lowest BCUT2D eigenvalue weighted by atomic mass is 10.2. The molecule has 2 atom stereocenters. The molecule has 7 nitrogen and oxygen atoms in total. The van der Waals surface area contributed by atoms with E-state index < -0.39 is 4.65 Å². The minimum absolute atomic E-state index is 0.263. The zero-order chi connectivity index (χ0) is 18.4. The van der Waals surface area contributed by atoms with Crippen molar-refractivity contribution in [2.45, 2.75) is 58.7 Å². The van der Waals surface area contributed by atoms with Crippen molar-refractivity contribution in [3.05, 3.63) is 34.4 Å². The van der Waals surface area contributed by atoms with E-state index in [1.807, 2.05) is 12.1 Å². The van der Waals surface area contributed by atoms with Gasteiger partial charge in [0.25, 0.3) is 0 Å². The number of aryl methyl sites for hydroxylation is 1. The van der Waals surface area contributed by atoms with Crippen LogP contribution in [0, 0.1) is 5.21 Å². The highest BCUT2D eigenvalue weighted by Crippen LogP contribution is 2.33. The van der Waals surface area contributed by atoms with E-state index in [9.17, 15) is 5.21 Å². The lowest BCUT2D eigenvalue weighted by molar-refractivity contribution is 0.272. The van der Waals surface area contributed by atoms with Gasteiger partial charge in [0.1, 0.15) is 17.4 Å². The Hall–Kier alpha value is -1.32. The topological polar surface area (TPSA) is 77.2 Å². The van der Waals surface area contributed by atoms with Crippen LogP contribution in [0.2, 0.25) is 0 Å². The van der Waals surface area contributed by atoms with E-state index in [2.05, 4.69) is 34.3 Å². The monoisotopic (exact) mass is 379 g/mol. The molecule has 26 heavy (non-hydrogen) atoms. The van der Waals surface area contributed by atoms with E-state index in [0.717, 1.165) is 30.2 Å². The molecule has 0 spiro atoms. The molecule has 1 N–H and O–H groups in total. The van der Waals surface area contributed by atoms with Crippen molar-refractivity contribution in [3.8, 4) is 0 Å². The van der Waals surface area contributed by atoms with Crippen LogP contribution in [-0.4, -0.2) is 41.0 Å². The van der Waals surface area contributed by atoms with Crippen molar-refractivity contribution in [1.82, 2.24) is 25.1 Å². The van der Waals surface area contributed by atoms with Crippen LogP contribution in [0.4, 0.5) is 5.13 Å². The van der Waals surface area contributed by atoms with Crippen molar-refractivity contribution < 1.29 is 4.42 Å². The third-order valence-corrected chi connectivity index (χ3v) is 6.00. The first-order valence-electron chi connectivity index (χ1n) is 9.55. The van der Waals surface area contributed by atoms with Crippen LogP contribution in [0.5, 0.6) is 0 Å². The van der Waals surface area contributed by atoms with Gasteiger partial charge in [-0.15, -0.1) is 5.10 Å². The maximum Gasteiger partial charge on any atom is 0.309 e. The van der Waals surface area contributed by atoms with Gasteiger partial charge in [-0.25, -0.2) is 4.90 Å².